The zero-order chi connectivity index (χ0) is 12.3. The van der Waals surface area contributed by atoms with Gasteiger partial charge in [0.15, 0.2) is 0 Å². The minimum Gasteiger partial charge on any atom is -0.160 e. The summed E-state index contributed by atoms with van der Waals surface area (Å²) < 4.78 is 35.3. The van der Waals surface area contributed by atoms with Gasteiger partial charge in [0.1, 0.15) is 0 Å². The van der Waals surface area contributed by atoms with Crippen LogP contribution in [0.1, 0.15) is 51.4 Å². The van der Waals surface area contributed by atoms with Crippen LogP contribution in [0.4, 0.5) is 13.2 Å². The van der Waals surface area contributed by atoms with Crippen LogP contribution in [0.5, 0.6) is 0 Å². The summed E-state index contributed by atoms with van der Waals surface area (Å²) in [7, 11) is 0. The van der Waals surface area contributed by atoms with Crippen molar-refractivity contribution in [3.05, 3.63) is 0 Å². The maximum absolute atomic E-state index is 11.8. The third-order valence-corrected chi connectivity index (χ3v) is 3.67. The second kappa shape index (κ2) is 10.8. The lowest BCUT2D eigenvalue weighted by Gasteiger charge is -2.05. The zero-order valence-electron chi connectivity index (χ0n) is 9.49. The highest BCUT2D eigenvalue weighted by Crippen LogP contribution is 2.30. The van der Waals surface area contributed by atoms with Gasteiger partial charge in [-0.3, -0.25) is 0 Å². The van der Waals surface area contributed by atoms with Crippen molar-refractivity contribution in [2.75, 3.05) is 11.1 Å². The first-order valence-electron chi connectivity index (χ1n) is 5.83. The van der Waals surface area contributed by atoms with E-state index in [4.69, 9.17) is 0 Å². The smallest absolute Gasteiger partial charge is 0.160 e. The molecule has 0 aromatic carbocycles. The lowest BCUT2D eigenvalue weighted by atomic mass is 10.1. The van der Waals surface area contributed by atoms with E-state index in [1.165, 1.54) is 32.1 Å². The van der Waals surface area contributed by atoms with Crippen LogP contribution in [0.3, 0.4) is 0 Å². The lowest BCUT2D eigenvalue weighted by molar-refractivity contribution is -0.0328. The van der Waals surface area contributed by atoms with Gasteiger partial charge >= 0.3 is 5.51 Å². The minimum absolute atomic E-state index is 0.103. The molecule has 98 valence electrons. The van der Waals surface area contributed by atoms with E-state index in [0.29, 0.717) is 6.42 Å². The summed E-state index contributed by atoms with van der Waals surface area (Å²) >= 11 is 3.49. The van der Waals surface area contributed by atoms with Gasteiger partial charge in [-0.15, -0.1) is 0 Å². The van der Waals surface area contributed by atoms with Gasteiger partial charge < -0.3 is 0 Å². The van der Waals surface area contributed by atoms with Crippen LogP contribution in [0.15, 0.2) is 0 Å². The van der Waals surface area contributed by atoms with E-state index in [-0.39, 0.29) is 17.5 Å². The molecule has 0 rings (SSSR count). The predicted molar refractivity (Wildman–Crippen MR) is 69.2 cm³/mol. The Labute approximate surface area is 109 Å². The second-order valence-electron chi connectivity index (χ2n) is 3.81. The highest BCUT2D eigenvalue weighted by Gasteiger charge is 2.27. The molecule has 0 unspecified atom stereocenters. The molecule has 0 atom stereocenters. The molecule has 0 aliphatic carbocycles. The van der Waals surface area contributed by atoms with Crippen molar-refractivity contribution < 1.29 is 13.2 Å². The molecule has 0 aliphatic heterocycles. The molecule has 0 nitrogen and oxygen atoms in total. The van der Waals surface area contributed by atoms with Gasteiger partial charge in [-0.25, -0.2) is 0 Å². The van der Waals surface area contributed by atoms with Crippen LogP contribution < -0.4 is 0 Å². The number of thioether (sulfide) groups is 1. The molecule has 0 fully saturated rings. The molecular weight excluding hydrogens is 301 g/mol. The molecule has 0 heterocycles. The Hall–Kier alpha value is 0.620. The van der Waals surface area contributed by atoms with E-state index < -0.39 is 5.51 Å². The van der Waals surface area contributed by atoms with Crippen LogP contribution in [-0.2, 0) is 0 Å². The molecule has 0 bridgehead atoms. The van der Waals surface area contributed by atoms with Crippen molar-refractivity contribution in [3.63, 3.8) is 0 Å². The molecular formula is C11H20BrF3S. The standard InChI is InChI=1S/C11H20BrF3S/c12-9-7-5-3-1-2-4-6-8-10-16-11(13,14)15/h1-10H2. The highest BCUT2D eigenvalue weighted by atomic mass is 79.9. The normalized spacial score (nSPS) is 12.0. The van der Waals surface area contributed by atoms with Crippen molar-refractivity contribution >= 4 is 27.7 Å². The van der Waals surface area contributed by atoms with Gasteiger partial charge in [-0.2, -0.15) is 13.2 Å². The number of unbranched alkanes of at least 4 members (excludes halogenated alkanes) is 7. The number of hydrogen-bond donors (Lipinski definition) is 0. The summed E-state index contributed by atoms with van der Waals surface area (Å²) in [4.78, 5) is 0. The molecule has 0 aliphatic rings. The summed E-state index contributed by atoms with van der Waals surface area (Å²) in [5, 5.41) is 1.07. The van der Waals surface area contributed by atoms with E-state index in [1.54, 1.807) is 0 Å². The van der Waals surface area contributed by atoms with Crippen molar-refractivity contribution in [2.24, 2.45) is 0 Å². The molecule has 0 aromatic rings. The first-order chi connectivity index (χ1) is 7.56. The molecule has 0 N–H and O–H groups in total. The molecule has 0 spiro atoms. The summed E-state index contributed by atoms with van der Waals surface area (Å²) in [6.07, 6.45) is 8.82. The van der Waals surface area contributed by atoms with Gasteiger partial charge in [0.2, 0.25) is 0 Å². The van der Waals surface area contributed by atoms with Gasteiger partial charge in [0.25, 0.3) is 0 Å². The Morgan fingerprint density at radius 3 is 1.62 bits per heavy atom. The summed E-state index contributed by atoms with van der Waals surface area (Å²) in [6, 6.07) is 0. The van der Waals surface area contributed by atoms with Crippen LogP contribution in [0, 0.1) is 0 Å². The van der Waals surface area contributed by atoms with Crippen LogP contribution in [0.25, 0.3) is 0 Å². The number of hydrogen-bond acceptors (Lipinski definition) is 1. The zero-order valence-corrected chi connectivity index (χ0v) is 11.9. The largest absolute Gasteiger partial charge is 0.441 e. The van der Waals surface area contributed by atoms with Crippen LogP contribution >= 0.6 is 27.7 Å². The first-order valence-corrected chi connectivity index (χ1v) is 7.93. The summed E-state index contributed by atoms with van der Waals surface area (Å²) in [5.74, 6) is 0.215. The Morgan fingerprint density at radius 1 is 0.750 bits per heavy atom. The maximum atomic E-state index is 11.8. The fourth-order valence-corrected chi connectivity index (χ4v) is 2.42. The minimum atomic E-state index is -4.05. The van der Waals surface area contributed by atoms with Gasteiger partial charge in [0.05, 0.1) is 0 Å². The van der Waals surface area contributed by atoms with E-state index in [1.807, 2.05) is 0 Å². The third kappa shape index (κ3) is 14.6. The Morgan fingerprint density at radius 2 is 1.19 bits per heavy atom. The lowest BCUT2D eigenvalue weighted by Crippen LogP contribution is -2.01. The second-order valence-corrected chi connectivity index (χ2v) is 5.76. The number of alkyl halides is 4. The molecule has 0 radical (unpaired) electrons. The van der Waals surface area contributed by atoms with E-state index in [2.05, 4.69) is 15.9 Å². The monoisotopic (exact) mass is 320 g/mol. The van der Waals surface area contributed by atoms with Crippen LogP contribution in [-0.4, -0.2) is 16.6 Å². The van der Waals surface area contributed by atoms with Gasteiger partial charge in [-0.1, -0.05) is 66.2 Å². The molecule has 5 heteroatoms. The highest BCUT2D eigenvalue weighted by molar-refractivity contribution is 9.09. The van der Waals surface area contributed by atoms with Crippen molar-refractivity contribution in [1.29, 1.82) is 0 Å². The fourth-order valence-electron chi connectivity index (χ4n) is 1.45. The summed E-state index contributed by atoms with van der Waals surface area (Å²) in [5.41, 5.74) is -4.05. The topological polar surface area (TPSA) is 0 Å². The van der Waals surface area contributed by atoms with Crippen molar-refractivity contribution in [2.45, 2.75) is 56.9 Å². The van der Waals surface area contributed by atoms with E-state index >= 15 is 0 Å². The molecule has 0 saturated heterocycles. The average molecular weight is 321 g/mol. The quantitative estimate of drug-likeness (QED) is 0.364. The SMILES string of the molecule is FC(F)(F)SCCCCCCCCCCBr. The molecule has 16 heavy (non-hydrogen) atoms. The Balaban J connectivity index is 2.99. The first kappa shape index (κ1) is 16.6. The van der Waals surface area contributed by atoms with Gasteiger partial charge in [-0.05, 0) is 12.8 Å². The number of rotatable bonds is 10. The van der Waals surface area contributed by atoms with Gasteiger partial charge in [0, 0.05) is 11.1 Å². The Kier molecular flexibility index (Phi) is 11.2. The molecule has 0 amide bonds. The van der Waals surface area contributed by atoms with Crippen molar-refractivity contribution in [1.82, 2.24) is 0 Å². The maximum Gasteiger partial charge on any atom is 0.441 e. The van der Waals surface area contributed by atoms with Crippen LogP contribution in [0.2, 0.25) is 0 Å². The van der Waals surface area contributed by atoms with E-state index in [9.17, 15) is 13.2 Å². The molecule has 0 saturated carbocycles. The fraction of sp³-hybridized carbons (Fsp3) is 1.00. The van der Waals surface area contributed by atoms with Crippen molar-refractivity contribution in [3.8, 4) is 0 Å². The van der Waals surface area contributed by atoms with E-state index in [0.717, 1.165) is 18.2 Å². The Bertz CT molecular complexity index is 151. The third-order valence-electron chi connectivity index (χ3n) is 2.29. The summed E-state index contributed by atoms with van der Waals surface area (Å²) in [6.45, 7) is 0. The number of halogens is 4. The molecule has 0 aromatic heterocycles. The average Bonchev–Trinajstić information content (AvgIpc) is 2.19. The predicted octanol–water partition coefficient (Wildman–Crippen LogP) is 5.76.